The molecule has 0 unspecified atom stereocenters. The Morgan fingerprint density at radius 1 is 1.32 bits per heavy atom. The van der Waals surface area contributed by atoms with Crippen LogP contribution in [0.5, 0.6) is 0 Å². The SMILES string of the molecule is NCc1nc(C(=O)NCC2CCCCCCC2)cs1. The average Bonchev–Trinajstić information content (AvgIpc) is 2.86. The van der Waals surface area contributed by atoms with E-state index in [2.05, 4.69) is 10.3 Å². The predicted molar refractivity (Wildman–Crippen MR) is 78.1 cm³/mol. The van der Waals surface area contributed by atoms with Gasteiger partial charge in [-0.2, -0.15) is 0 Å². The summed E-state index contributed by atoms with van der Waals surface area (Å²) >= 11 is 1.45. The average molecular weight is 281 g/mol. The van der Waals surface area contributed by atoms with Crippen molar-refractivity contribution in [2.24, 2.45) is 11.7 Å². The number of thiazole rings is 1. The number of nitrogens with zero attached hydrogens (tertiary/aromatic N) is 1. The second-order valence-electron chi connectivity index (χ2n) is 5.25. The van der Waals surface area contributed by atoms with Crippen molar-refractivity contribution in [1.29, 1.82) is 0 Å². The Labute approximate surface area is 118 Å². The molecule has 1 aromatic heterocycles. The Balaban J connectivity index is 1.78. The normalized spacial score (nSPS) is 17.7. The van der Waals surface area contributed by atoms with Gasteiger partial charge in [0, 0.05) is 18.5 Å². The minimum Gasteiger partial charge on any atom is -0.350 e. The van der Waals surface area contributed by atoms with Crippen molar-refractivity contribution in [2.75, 3.05) is 6.54 Å². The van der Waals surface area contributed by atoms with E-state index < -0.39 is 0 Å². The molecule has 1 aromatic rings. The molecule has 1 heterocycles. The number of aromatic nitrogens is 1. The molecule has 0 spiro atoms. The van der Waals surface area contributed by atoms with Gasteiger partial charge in [0.1, 0.15) is 10.7 Å². The number of rotatable bonds is 4. The molecular weight excluding hydrogens is 258 g/mol. The first-order valence-electron chi connectivity index (χ1n) is 7.22. The summed E-state index contributed by atoms with van der Waals surface area (Å²) in [5, 5.41) is 5.62. The van der Waals surface area contributed by atoms with Gasteiger partial charge >= 0.3 is 0 Å². The summed E-state index contributed by atoms with van der Waals surface area (Å²) in [6.45, 7) is 1.19. The van der Waals surface area contributed by atoms with Gasteiger partial charge in [-0.15, -0.1) is 11.3 Å². The van der Waals surface area contributed by atoms with Crippen molar-refractivity contribution < 1.29 is 4.79 Å². The summed E-state index contributed by atoms with van der Waals surface area (Å²) < 4.78 is 0. The summed E-state index contributed by atoms with van der Waals surface area (Å²) in [6.07, 6.45) is 9.15. The van der Waals surface area contributed by atoms with E-state index in [1.807, 2.05) is 0 Å². The Bertz CT molecular complexity index is 397. The highest BCUT2D eigenvalue weighted by Crippen LogP contribution is 2.21. The van der Waals surface area contributed by atoms with E-state index in [0.717, 1.165) is 11.6 Å². The molecule has 0 saturated heterocycles. The summed E-state index contributed by atoms with van der Waals surface area (Å²) in [4.78, 5) is 16.2. The van der Waals surface area contributed by atoms with E-state index in [-0.39, 0.29) is 5.91 Å². The van der Waals surface area contributed by atoms with Crippen LogP contribution < -0.4 is 11.1 Å². The molecule has 5 heteroatoms. The quantitative estimate of drug-likeness (QED) is 0.891. The van der Waals surface area contributed by atoms with Gasteiger partial charge in [-0.05, 0) is 18.8 Å². The van der Waals surface area contributed by atoms with E-state index in [0.29, 0.717) is 18.2 Å². The lowest BCUT2D eigenvalue weighted by Crippen LogP contribution is -2.30. The molecule has 0 aliphatic heterocycles. The Morgan fingerprint density at radius 2 is 2.00 bits per heavy atom. The van der Waals surface area contributed by atoms with Gasteiger partial charge in [0.2, 0.25) is 0 Å². The second-order valence-corrected chi connectivity index (χ2v) is 6.19. The van der Waals surface area contributed by atoms with Crippen molar-refractivity contribution in [1.82, 2.24) is 10.3 Å². The zero-order valence-corrected chi connectivity index (χ0v) is 12.2. The van der Waals surface area contributed by atoms with Crippen molar-refractivity contribution in [3.63, 3.8) is 0 Å². The fourth-order valence-corrected chi connectivity index (χ4v) is 3.24. The first-order valence-corrected chi connectivity index (χ1v) is 8.10. The topological polar surface area (TPSA) is 68.0 Å². The van der Waals surface area contributed by atoms with Crippen LogP contribution >= 0.6 is 11.3 Å². The van der Waals surface area contributed by atoms with Crippen LogP contribution in [0, 0.1) is 5.92 Å². The fraction of sp³-hybridized carbons (Fsp3) is 0.714. The molecule has 1 aliphatic carbocycles. The number of nitrogens with two attached hydrogens (primary N) is 1. The maximum absolute atomic E-state index is 12.0. The lowest BCUT2D eigenvalue weighted by molar-refractivity contribution is 0.0940. The minimum atomic E-state index is -0.0574. The summed E-state index contributed by atoms with van der Waals surface area (Å²) in [5.41, 5.74) is 6.01. The van der Waals surface area contributed by atoms with Crippen molar-refractivity contribution in [3.8, 4) is 0 Å². The third kappa shape index (κ3) is 4.58. The number of carbonyl (C=O) groups excluding carboxylic acids is 1. The third-order valence-electron chi connectivity index (χ3n) is 3.74. The van der Waals surface area contributed by atoms with Crippen LogP contribution in [0.2, 0.25) is 0 Å². The van der Waals surface area contributed by atoms with E-state index in [1.165, 1.54) is 56.3 Å². The minimum absolute atomic E-state index is 0.0574. The first-order chi connectivity index (χ1) is 9.29. The Morgan fingerprint density at radius 3 is 2.63 bits per heavy atom. The fourth-order valence-electron chi connectivity index (χ4n) is 2.58. The van der Waals surface area contributed by atoms with Crippen LogP contribution in [-0.4, -0.2) is 17.4 Å². The molecular formula is C14H23N3OS. The summed E-state index contributed by atoms with van der Waals surface area (Å²) in [5.74, 6) is 0.579. The molecule has 1 aliphatic rings. The zero-order valence-electron chi connectivity index (χ0n) is 11.4. The van der Waals surface area contributed by atoms with Crippen LogP contribution in [0.4, 0.5) is 0 Å². The van der Waals surface area contributed by atoms with Crippen LogP contribution in [0.15, 0.2) is 5.38 Å². The van der Waals surface area contributed by atoms with Gasteiger partial charge in [0.15, 0.2) is 0 Å². The molecule has 1 saturated carbocycles. The standard InChI is InChI=1S/C14H23N3OS/c15-8-13-17-12(10-19-13)14(18)16-9-11-6-4-2-1-3-5-7-11/h10-11H,1-9,15H2,(H,16,18). The molecule has 4 nitrogen and oxygen atoms in total. The molecule has 19 heavy (non-hydrogen) atoms. The molecule has 106 valence electrons. The lowest BCUT2D eigenvalue weighted by Gasteiger charge is -2.19. The highest BCUT2D eigenvalue weighted by molar-refractivity contribution is 7.09. The smallest absolute Gasteiger partial charge is 0.270 e. The molecule has 1 amide bonds. The van der Waals surface area contributed by atoms with Gasteiger partial charge in [-0.25, -0.2) is 4.98 Å². The highest BCUT2D eigenvalue weighted by atomic mass is 32.1. The number of hydrogen-bond acceptors (Lipinski definition) is 4. The van der Waals surface area contributed by atoms with Crippen molar-refractivity contribution in [3.05, 3.63) is 16.1 Å². The number of carbonyl (C=O) groups is 1. The first kappa shape index (κ1) is 14.5. The van der Waals surface area contributed by atoms with E-state index in [1.54, 1.807) is 5.38 Å². The van der Waals surface area contributed by atoms with Crippen LogP contribution in [0.3, 0.4) is 0 Å². The molecule has 0 radical (unpaired) electrons. The second kappa shape index (κ2) is 7.60. The van der Waals surface area contributed by atoms with Crippen molar-refractivity contribution >= 4 is 17.2 Å². The monoisotopic (exact) mass is 281 g/mol. The van der Waals surface area contributed by atoms with Gasteiger partial charge in [0.25, 0.3) is 5.91 Å². The maximum Gasteiger partial charge on any atom is 0.270 e. The Kier molecular flexibility index (Phi) is 5.79. The maximum atomic E-state index is 12.0. The summed E-state index contributed by atoms with van der Waals surface area (Å²) in [6, 6.07) is 0. The van der Waals surface area contributed by atoms with Crippen molar-refractivity contribution in [2.45, 2.75) is 51.5 Å². The Hall–Kier alpha value is -0.940. The van der Waals surface area contributed by atoms with Gasteiger partial charge in [-0.3, -0.25) is 4.79 Å². The molecule has 0 atom stereocenters. The number of nitrogens with one attached hydrogen (secondary N) is 1. The summed E-state index contributed by atoms with van der Waals surface area (Å²) in [7, 11) is 0. The molecule has 0 bridgehead atoms. The van der Waals surface area contributed by atoms with Gasteiger partial charge < -0.3 is 11.1 Å². The van der Waals surface area contributed by atoms with Gasteiger partial charge in [-0.1, -0.05) is 32.1 Å². The van der Waals surface area contributed by atoms with E-state index in [4.69, 9.17) is 5.73 Å². The van der Waals surface area contributed by atoms with Crippen LogP contribution in [0.1, 0.15) is 60.4 Å². The van der Waals surface area contributed by atoms with Crippen LogP contribution in [-0.2, 0) is 6.54 Å². The predicted octanol–water partition coefficient (Wildman–Crippen LogP) is 2.69. The van der Waals surface area contributed by atoms with Gasteiger partial charge in [0.05, 0.1) is 0 Å². The zero-order chi connectivity index (χ0) is 13.5. The molecule has 1 fully saturated rings. The number of amides is 1. The molecule has 2 rings (SSSR count). The highest BCUT2D eigenvalue weighted by Gasteiger charge is 2.14. The lowest BCUT2D eigenvalue weighted by atomic mass is 9.91. The van der Waals surface area contributed by atoms with E-state index in [9.17, 15) is 4.79 Å². The largest absolute Gasteiger partial charge is 0.350 e. The van der Waals surface area contributed by atoms with Crippen LogP contribution in [0.25, 0.3) is 0 Å². The number of hydrogen-bond donors (Lipinski definition) is 2. The van der Waals surface area contributed by atoms with E-state index >= 15 is 0 Å². The molecule has 3 N–H and O–H groups in total. The molecule has 0 aromatic carbocycles. The third-order valence-corrected chi connectivity index (χ3v) is 4.61.